The summed E-state index contributed by atoms with van der Waals surface area (Å²) in [5.74, 6) is 0.561. The molecular formula is C17H20N4O3. The SMILES string of the molecule is Nc1nccnc1C(=O)NCc1ccc(OCC2CCCO2)cc1. The van der Waals surface area contributed by atoms with E-state index in [-0.39, 0.29) is 23.5 Å². The molecule has 0 bridgehead atoms. The molecule has 1 fully saturated rings. The first-order chi connectivity index (χ1) is 11.7. The van der Waals surface area contributed by atoms with Gasteiger partial charge in [0.05, 0.1) is 6.10 Å². The van der Waals surface area contributed by atoms with E-state index in [1.165, 1.54) is 12.4 Å². The molecule has 1 aromatic carbocycles. The van der Waals surface area contributed by atoms with Crippen LogP contribution in [0.5, 0.6) is 5.75 Å². The van der Waals surface area contributed by atoms with Gasteiger partial charge in [-0.15, -0.1) is 0 Å². The second-order valence-corrected chi connectivity index (χ2v) is 5.56. The summed E-state index contributed by atoms with van der Waals surface area (Å²) in [7, 11) is 0. The Morgan fingerprint density at radius 1 is 1.29 bits per heavy atom. The number of amides is 1. The lowest BCUT2D eigenvalue weighted by atomic mass is 10.2. The molecule has 7 heteroatoms. The van der Waals surface area contributed by atoms with Crippen LogP contribution >= 0.6 is 0 Å². The molecule has 0 saturated carbocycles. The van der Waals surface area contributed by atoms with Gasteiger partial charge in [-0.2, -0.15) is 0 Å². The average molecular weight is 328 g/mol. The molecule has 7 nitrogen and oxygen atoms in total. The number of ether oxygens (including phenoxy) is 2. The van der Waals surface area contributed by atoms with Crippen molar-refractivity contribution in [3.8, 4) is 5.75 Å². The van der Waals surface area contributed by atoms with Crippen molar-refractivity contribution >= 4 is 11.7 Å². The van der Waals surface area contributed by atoms with Gasteiger partial charge in [0.2, 0.25) is 0 Å². The molecule has 1 aromatic heterocycles. The highest BCUT2D eigenvalue weighted by molar-refractivity contribution is 5.96. The quantitative estimate of drug-likeness (QED) is 0.834. The van der Waals surface area contributed by atoms with Crippen LogP contribution in [0.15, 0.2) is 36.7 Å². The van der Waals surface area contributed by atoms with Crippen LogP contribution in [0.3, 0.4) is 0 Å². The molecule has 3 rings (SSSR count). The average Bonchev–Trinajstić information content (AvgIpc) is 3.13. The maximum absolute atomic E-state index is 12.0. The van der Waals surface area contributed by atoms with Gasteiger partial charge in [-0.25, -0.2) is 9.97 Å². The lowest BCUT2D eigenvalue weighted by Gasteiger charge is -2.12. The van der Waals surface area contributed by atoms with Crippen LogP contribution in [0.2, 0.25) is 0 Å². The first-order valence-corrected chi connectivity index (χ1v) is 7.90. The predicted molar refractivity (Wildman–Crippen MR) is 88.5 cm³/mol. The summed E-state index contributed by atoms with van der Waals surface area (Å²) in [4.78, 5) is 19.8. The molecule has 0 spiro atoms. The summed E-state index contributed by atoms with van der Waals surface area (Å²) < 4.78 is 11.2. The van der Waals surface area contributed by atoms with Crippen LogP contribution in [0.25, 0.3) is 0 Å². The number of carbonyl (C=O) groups excluding carboxylic acids is 1. The standard InChI is InChI=1S/C17H20N4O3/c18-16-15(19-7-8-20-16)17(22)21-10-12-3-5-13(6-4-12)24-11-14-2-1-9-23-14/h3-8,14H,1-2,9-11H2,(H2,18,20)(H,21,22). The number of carbonyl (C=O) groups is 1. The highest BCUT2D eigenvalue weighted by atomic mass is 16.5. The number of benzene rings is 1. The molecule has 1 unspecified atom stereocenters. The number of rotatable bonds is 6. The van der Waals surface area contributed by atoms with Gasteiger partial charge in [-0.05, 0) is 30.5 Å². The van der Waals surface area contributed by atoms with E-state index in [1.54, 1.807) is 0 Å². The van der Waals surface area contributed by atoms with Crippen molar-refractivity contribution in [3.63, 3.8) is 0 Å². The van der Waals surface area contributed by atoms with Crippen molar-refractivity contribution in [2.24, 2.45) is 0 Å². The van der Waals surface area contributed by atoms with Crippen LogP contribution in [0.4, 0.5) is 5.82 Å². The monoisotopic (exact) mass is 328 g/mol. The molecule has 126 valence electrons. The van der Waals surface area contributed by atoms with Gasteiger partial charge in [0.1, 0.15) is 12.4 Å². The summed E-state index contributed by atoms with van der Waals surface area (Å²) in [6.45, 7) is 1.77. The van der Waals surface area contributed by atoms with Crippen LogP contribution in [-0.4, -0.2) is 35.2 Å². The zero-order valence-electron chi connectivity index (χ0n) is 13.3. The summed E-state index contributed by atoms with van der Waals surface area (Å²) in [6.07, 6.45) is 5.23. The van der Waals surface area contributed by atoms with E-state index < -0.39 is 0 Å². The van der Waals surface area contributed by atoms with E-state index >= 15 is 0 Å². The van der Waals surface area contributed by atoms with Crippen LogP contribution < -0.4 is 15.8 Å². The fourth-order valence-corrected chi connectivity index (χ4v) is 2.46. The minimum absolute atomic E-state index is 0.118. The topological polar surface area (TPSA) is 99.4 Å². The van der Waals surface area contributed by atoms with Crippen LogP contribution in [0, 0.1) is 0 Å². The molecular weight excluding hydrogens is 308 g/mol. The Hall–Kier alpha value is -2.67. The first-order valence-electron chi connectivity index (χ1n) is 7.90. The number of nitrogens with two attached hydrogens (primary N) is 1. The first kappa shape index (κ1) is 16.2. The molecule has 0 aliphatic carbocycles. The third-order valence-corrected chi connectivity index (χ3v) is 3.78. The molecule has 2 aromatic rings. The van der Waals surface area contributed by atoms with Crippen molar-refractivity contribution in [1.29, 1.82) is 0 Å². The molecule has 1 amide bonds. The Morgan fingerprint density at radius 2 is 2.08 bits per heavy atom. The van der Waals surface area contributed by atoms with Gasteiger partial charge in [0.25, 0.3) is 5.91 Å². The number of nitrogens with zero attached hydrogens (tertiary/aromatic N) is 2. The fourth-order valence-electron chi connectivity index (χ4n) is 2.46. The van der Waals surface area contributed by atoms with Gasteiger partial charge in [-0.3, -0.25) is 4.79 Å². The summed E-state index contributed by atoms with van der Waals surface area (Å²) >= 11 is 0. The van der Waals surface area contributed by atoms with Gasteiger partial charge in [-0.1, -0.05) is 12.1 Å². The molecule has 1 aliphatic heterocycles. The lowest BCUT2D eigenvalue weighted by Crippen LogP contribution is -2.25. The van der Waals surface area contributed by atoms with Crippen molar-refractivity contribution < 1.29 is 14.3 Å². The molecule has 1 saturated heterocycles. The summed E-state index contributed by atoms with van der Waals surface area (Å²) in [5, 5.41) is 2.77. The Bertz CT molecular complexity index is 684. The van der Waals surface area contributed by atoms with E-state index in [9.17, 15) is 4.79 Å². The third-order valence-electron chi connectivity index (χ3n) is 3.78. The number of hydrogen-bond donors (Lipinski definition) is 2. The smallest absolute Gasteiger partial charge is 0.273 e. The lowest BCUT2D eigenvalue weighted by molar-refractivity contribution is 0.0679. The van der Waals surface area contributed by atoms with E-state index in [0.29, 0.717) is 13.2 Å². The second kappa shape index (κ2) is 7.74. The number of nitrogens with one attached hydrogen (secondary N) is 1. The number of nitrogen functional groups attached to an aromatic ring is 1. The van der Waals surface area contributed by atoms with E-state index in [1.807, 2.05) is 24.3 Å². The zero-order chi connectivity index (χ0) is 16.8. The van der Waals surface area contributed by atoms with Crippen LogP contribution in [-0.2, 0) is 11.3 Å². The highest BCUT2D eigenvalue weighted by Crippen LogP contribution is 2.16. The summed E-state index contributed by atoms with van der Waals surface area (Å²) in [6, 6.07) is 7.58. The van der Waals surface area contributed by atoms with Gasteiger partial charge in [0, 0.05) is 25.5 Å². The van der Waals surface area contributed by atoms with Gasteiger partial charge >= 0.3 is 0 Å². The predicted octanol–water partition coefficient (Wildman–Crippen LogP) is 1.55. The zero-order valence-corrected chi connectivity index (χ0v) is 13.3. The molecule has 1 aliphatic rings. The third kappa shape index (κ3) is 4.20. The maximum Gasteiger partial charge on any atom is 0.273 e. The highest BCUT2D eigenvalue weighted by Gasteiger charge is 2.16. The minimum atomic E-state index is -0.348. The van der Waals surface area contributed by atoms with E-state index in [0.717, 1.165) is 30.8 Å². The van der Waals surface area contributed by atoms with Crippen molar-refractivity contribution in [2.75, 3.05) is 18.9 Å². The van der Waals surface area contributed by atoms with Crippen molar-refractivity contribution in [1.82, 2.24) is 15.3 Å². The van der Waals surface area contributed by atoms with E-state index in [4.69, 9.17) is 15.2 Å². The number of anilines is 1. The van der Waals surface area contributed by atoms with Gasteiger partial charge in [0.15, 0.2) is 11.5 Å². The Morgan fingerprint density at radius 3 is 2.79 bits per heavy atom. The Balaban J connectivity index is 1.49. The van der Waals surface area contributed by atoms with Crippen molar-refractivity contribution in [2.45, 2.75) is 25.5 Å². The molecule has 24 heavy (non-hydrogen) atoms. The molecule has 1 atom stereocenters. The van der Waals surface area contributed by atoms with Gasteiger partial charge < -0.3 is 20.5 Å². The Kier molecular flexibility index (Phi) is 5.22. The Labute approximate surface area is 140 Å². The largest absolute Gasteiger partial charge is 0.491 e. The summed E-state index contributed by atoms with van der Waals surface area (Å²) in [5.41, 5.74) is 6.72. The maximum atomic E-state index is 12.0. The molecule has 3 N–H and O–H groups in total. The molecule has 2 heterocycles. The number of hydrogen-bond acceptors (Lipinski definition) is 6. The molecule has 0 radical (unpaired) electrons. The van der Waals surface area contributed by atoms with Crippen molar-refractivity contribution in [3.05, 3.63) is 47.9 Å². The fraction of sp³-hybridized carbons (Fsp3) is 0.353. The normalized spacial score (nSPS) is 16.8. The van der Waals surface area contributed by atoms with Crippen LogP contribution in [0.1, 0.15) is 28.9 Å². The second-order valence-electron chi connectivity index (χ2n) is 5.56. The number of aromatic nitrogens is 2. The van der Waals surface area contributed by atoms with E-state index in [2.05, 4.69) is 15.3 Å². The minimum Gasteiger partial charge on any atom is -0.491 e.